The quantitative estimate of drug-likeness (QED) is 0.728. The van der Waals surface area contributed by atoms with E-state index in [1.807, 2.05) is 4.90 Å². The van der Waals surface area contributed by atoms with E-state index in [0.717, 1.165) is 25.9 Å². The molecule has 1 aromatic heterocycles. The van der Waals surface area contributed by atoms with Gasteiger partial charge in [-0.1, -0.05) is 0 Å². The molecule has 2 rings (SSSR count). The Morgan fingerprint density at radius 2 is 2.06 bits per heavy atom. The van der Waals surface area contributed by atoms with Gasteiger partial charge in [-0.25, -0.2) is 4.79 Å². The van der Waals surface area contributed by atoms with Gasteiger partial charge >= 0.3 is 5.69 Å². The number of nitrogens with one attached hydrogen (secondary N) is 1. The summed E-state index contributed by atoms with van der Waals surface area (Å²) in [6.07, 6.45) is 4.78. The lowest BCUT2D eigenvalue weighted by atomic mass is 10.1. The molecule has 0 atom stereocenters. The first-order chi connectivity index (χ1) is 7.68. The largest absolute Gasteiger partial charge is 0.368 e. The SMILES string of the molecule is NC(=O)c1[nH]c(=O)ncc1N1CCCCC1. The molecule has 1 aromatic rings. The van der Waals surface area contributed by atoms with E-state index >= 15 is 0 Å². The van der Waals surface area contributed by atoms with Crippen molar-refractivity contribution in [2.45, 2.75) is 19.3 Å². The summed E-state index contributed by atoms with van der Waals surface area (Å²) in [6, 6.07) is 0. The van der Waals surface area contributed by atoms with Crippen LogP contribution in [0.2, 0.25) is 0 Å². The maximum Gasteiger partial charge on any atom is 0.345 e. The molecular weight excluding hydrogens is 208 g/mol. The van der Waals surface area contributed by atoms with Crippen LogP contribution >= 0.6 is 0 Å². The molecule has 1 amide bonds. The van der Waals surface area contributed by atoms with E-state index in [9.17, 15) is 9.59 Å². The summed E-state index contributed by atoms with van der Waals surface area (Å²) in [4.78, 5) is 30.3. The number of rotatable bonds is 2. The van der Waals surface area contributed by atoms with E-state index in [1.54, 1.807) is 0 Å². The standard InChI is InChI=1S/C10H14N4O2/c11-9(15)8-7(6-12-10(16)13-8)14-4-2-1-3-5-14/h6H,1-5H2,(H2,11,15)(H,12,13,16). The van der Waals surface area contributed by atoms with Gasteiger partial charge in [0.2, 0.25) is 0 Å². The lowest BCUT2D eigenvalue weighted by Crippen LogP contribution is -2.33. The molecule has 6 heteroatoms. The molecule has 2 heterocycles. The third-order valence-electron chi connectivity index (χ3n) is 2.74. The number of aromatic nitrogens is 2. The fraction of sp³-hybridized carbons (Fsp3) is 0.500. The van der Waals surface area contributed by atoms with Gasteiger partial charge in [0.05, 0.1) is 11.9 Å². The number of nitrogens with zero attached hydrogens (tertiary/aromatic N) is 2. The lowest BCUT2D eigenvalue weighted by molar-refractivity contribution is 0.0995. The van der Waals surface area contributed by atoms with E-state index < -0.39 is 11.6 Å². The Labute approximate surface area is 92.5 Å². The summed E-state index contributed by atoms with van der Waals surface area (Å²) < 4.78 is 0. The first kappa shape index (κ1) is 10.7. The predicted octanol–water partition coefficient (Wildman–Crippen LogP) is -0.141. The highest BCUT2D eigenvalue weighted by Gasteiger charge is 2.18. The van der Waals surface area contributed by atoms with Gasteiger partial charge in [0.1, 0.15) is 5.69 Å². The van der Waals surface area contributed by atoms with Gasteiger partial charge in [0, 0.05) is 13.1 Å². The van der Waals surface area contributed by atoms with Crippen molar-refractivity contribution in [2.24, 2.45) is 5.73 Å². The molecule has 0 spiro atoms. The van der Waals surface area contributed by atoms with Crippen molar-refractivity contribution in [1.82, 2.24) is 9.97 Å². The van der Waals surface area contributed by atoms with Gasteiger partial charge in [-0.3, -0.25) is 9.78 Å². The molecule has 0 radical (unpaired) electrons. The second kappa shape index (κ2) is 4.34. The summed E-state index contributed by atoms with van der Waals surface area (Å²) in [5.74, 6) is -0.625. The average Bonchev–Trinajstić information content (AvgIpc) is 2.30. The maximum absolute atomic E-state index is 11.2. The van der Waals surface area contributed by atoms with Gasteiger partial charge < -0.3 is 10.6 Å². The number of aromatic amines is 1. The smallest absolute Gasteiger partial charge is 0.345 e. The van der Waals surface area contributed by atoms with Crippen LogP contribution in [0.25, 0.3) is 0 Å². The summed E-state index contributed by atoms with van der Waals surface area (Å²) in [6.45, 7) is 1.74. The van der Waals surface area contributed by atoms with E-state index in [0.29, 0.717) is 5.69 Å². The van der Waals surface area contributed by atoms with Crippen molar-refractivity contribution in [3.05, 3.63) is 22.4 Å². The number of amides is 1. The third kappa shape index (κ3) is 2.05. The minimum atomic E-state index is -0.625. The van der Waals surface area contributed by atoms with E-state index in [2.05, 4.69) is 9.97 Å². The van der Waals surface area contributed by atoms with Gasteiger partial charge in [-0.15, -0.1) is 0 Å². The van der Waals surface area contributed by atoms with Gasteiger partial charge in [-0.05, 0) is 19.3 Å². The van der Waals surface area contributed by atoms with Crippen LogP contribution in [0.1, 0.15) is 29.8 Å². The van der Waals surface area contributed by atoms with Crippen molar-refractivity contribution >= 4 is 11.6 Å². The van der Waals surface area contributed by atoms with Gasteiger partial charge in [0.25, 0.3) is 5.91 Å². The first-order valence-corrected chi connectivity index (χ1v) is 5.32. The zero-order chi connectivity index (χ0) is 11.5. The number of hydrogen-bond acceptors (Lipinski definition) is 4. The second-order valence-corrected chi connectivity index (χ2v) is 3.86. The Balaban J connectivity index is 2.38. The van der Waals surface area contributed by atoms with E-state index in [-0.39, 0.29) is 5.69 Å². The van der Waals surface area contributed by atoms with Crippen LogP contribution in [0.5, 0.6) is 0 Å². The molecule has 1 fully saturated rings. The second-order valence-electron chi connectivity index (χ2n) is 3.86. The van der Waals surface area contributed by atoms with Gasteiger partial charge in [0.15, 0.2) is 0 Å². The number of hydrogen-bond donors (Lipinski definition) is 2. The summed E-state index contributed by atoms with van der Waals surface area (Å²) in [5.41, 5.74) is 5.47. The normalized spacial score (nSPS) is 16.1. The zero-order valence-corrected chi connectivity index (χ0v) is 8.90. The van der Waals surface area contributed by atoms with E-state index in [4.69, 9.17) is 5.73 Å². The molecular formula is C10H14N4O2. The Hall–Kier alpha value is -1.85. The first-order valence-electron chi connectivity index (χ1n) is 5.32. The zero-order valence-electron chi connectivity index (χ0n) is 8.90. The highest BCUT2D eigenvalue weighted by molar-refractivity contribution is 5.96. The summed E-state index contributed by atoms with van der Waals surface area (Å²) in [5, 5.41) is 0. The van der Waals surface area contributed by atoms with Crippen LogP contribution < -0.4 is 16.3 Å². The topological polar surface area (TPSA) is 92.1 Å². The minimum Gasteiger partial charge on any atom is -0.368 e. The third-order valence-corrected chi connectivity index (χ3v) is 2.74. The molecule has 86 valence electrons. The Kier molecular flexibility index (Phi) is 2.89. The average molecular weight is 222 g/mol. The lowest BCUT2D eigenvalue weighted by Gasteiger charge is -2.29. The molecule has 0 saturated carbocycles. The number of nitrogens with two attached hydrogens (primary N) is 1. The molecule has 1 aliphatic rings. The van der Waals surface area contributed by atoms with Crippen LogP contribution in [0, 0.1) is 0 Å². The van der Waals surface area contributed by atoms with Crippen molar-refractivity contribution < 1.29 is 4.79 Å². The Morgan fingerprint density at radius 3 is 2.69 bits per heavy atom. The fourth-order valence-corrected chi connectivity index (χ4v) is 1.95. The van der Waals surface area contributed by atoms with Crippen LogP contribution in [0.3, 0.4) is 0 Å². The number of H-pyrrole nitrogens is 1. The molecule has 6 nitrogen and oxygen atoms in total. The number of primary amides is 1. The van der Waals surface area contributed by atoms with Crippen LogP contribution in [-0.4, -0.2) is 29.0 Å². The molecule has 0 unspecified atom stereocenters. The molecule has 0 bridgehead atoms. The molecule has 16 heavy (non-hydrogen) atoms. The summed E-state index contributed by atoms with van der Waals surface area (Å²) in [7, 11) is 0. The number of anilines is 1. The van der Waals surface area contributed by atoms with Crippen molar-refractivity contribution in [1.29, 1.82) is 0 Å². The Bertz CT molecular complexity index is 448. The highest BCUT2D eigenvalue weighted by atomic mass is 16.2. The fourth-order valence-electron chi connectivity index (χ4n) is 1.95. The monoisotopic (exact) mass is 222 g/mol. The van der Waals surface area contributed by atoms with E-state index in [1.165, 1.54) is 12.6 Å². The predicted molar refractivity (Wildman–Crippen MR) is 59.4 cm³/mol. The maximum atomic E-state index is 11.2. The highest BCUT2D eigenvalue weighted by Crippen LogP contribution is 2.20. The number of carbonyl (C=O) groups excluding carboxylic acids is 1. The molecule has 3 N–H and O–H groups in total. The Morgan fingerprint density at radius 1 is 1.38 bits per heavy atom. The van der Waals surface area contributed by atoms with Crippen LogP contribution in [0.4, 0.5) is 5.69 Å². The van der Waals surface area contributed by atoms with Crippen LogP contribution in [-0.2, 0) is 0 Å². The minimum absolute atomic E-state index is 0.155. The molecule has 1 aliphatic heterocycles. The molecule has 0 aliphatic carbocycles. The molecule has 1 saturated heterocycles. The van der Waals surface area contributed by atoms with Crippen LogP contribution in [0.15, 0.2) is 11.0 Å². The van der Waals surface area contributed by atoms with Crippen molar-refractivity contribution in [3.63, 3.8) is 0 Å². The molecule has 0 aromatic carbocycles. The summed E-state index contributed by atoms with van der Waals surface area (Å²) >= 11 is 0. The van der Waals surface area contributed by atoms with Gasteiger partial charge in [-0.2, -0.15) is 4.98 Å². The van der Waals surface area contributed by atoms with Crippen molar-refractivity contribution in [3.8, 4) is 0 Å². The number of carbonyl (C=O) groups is 1. The van der Waals surface area contributed by atoms with Crippen molar-refractivity contribution in [2.75, 3.05) is 18.0 Å². The number of piperidine rings is 1.